The van der Waals surface area contributed by atoms with Gasteiger partial charge in [0, 0.05) is 10.6 Å². The van der Waals surface area contributed by atoms with E-state index in [0.717, 1.165) is 6.07 Å². The van der Waals surface area contributed by atoms with E-state index in [4.69, 9.17) is 19.4 Å². The fourth-order valence-corrected chi connectivity index (χ4v) is 0.810. The summed E-state index contributed by atoms with van der Waals surface area (Å²) < 4.78 is 26.6. The molecule has 1 N–H and O–H groups in total. The van der Waals surface area contributed by atoms with E-state index in [1.165, 1.54) is 12.1 Å². The molecule has 0 aromatic heterocycles. The number of hydrogen-bond acceptors (Lipinski definition) is 1. The van der Waals surface area contributed by atoms with E-state index in [2.05, 4.69) is 0 Å². The molecule has 0 saturated carbocycles. The van der Waals surface area contributed by atoms with Gasteiger partial charge in [0.25, 0.3) is 0 Å². The predicted molar refractivity (Wildman–Crippen MR) is 37.3 cm³/mol. The average Bonchev–Trinajstić information content (AvgIpc) is 1.82. The Morgan fingerprint density at radius 1 is 1.70 bits per heavy atom. The van der Waals surface area contributed by atoms with Crippen molar-refractivity contribution in [1.29, 1.82) is 0 Å². The molecule has 0 aliphatic heterocycles. The highest BCUT2D eigenvalue weighted by molar-refractivity contribution is 6.31. The quantitative estimate of drug-likeness (QED) is 0.670. The fourth-order valence-electron chi connectivity index (χ4n) is 0.605. The summed E-state index contributed by atoms with van der Waals surface area (Å²) in [6.45, 7) is -2.73. The van der Waals surface area contributed by atoms with Crippen molar-refractivity contribution in [3.05, 3.63) is 34.6 Å². The summed E-state index contributed by atoms with van der Waals surface area (Å²) in [7, 11) is 0. The van der Waals surface area contributed by atoms with Gasteiger partial charge >= 0.3 is 0 Å². The number of aliphatic hydroxyl groups is 1. The molecule has 0 amide bonds. The van der Waals surface area contributed by atoms with Crippen LogP contribution in [0.15, 0.2) is 18.2 Å². The molecule has 0 saturated heterocycles. The Bertz CT molecular complexity index is 278. The Labute approximate surface area is 65.9 Å². The molecule has 1 aromatic rings. The Morgan fingerprint density at radius 2 is 2.40 bits per heavy atom. The van der Waals surface area contributed by atoms with Gasteiger partial charge in [-0.25, -0.2) is 4.39 Å². The highest BCUT2D eigenvalue weighted by Crippen LogP contribution is 2.17. The molecule has 1 aromatic carbocycles. The Kier molecular flexibility index (Phi) is 1.53. The second-order valence-electron chi connectivity index (χ2n) is 1.71. The van der Waals surface area contributed by atoms with Crippen LogP contribution in [0.5, 0.6) is 0 Å². The van der Waals surface area contributed by atoms with Crippen molar-refractivity contribution < 1.29 is 12.2 Å². The van der Waals surface area contributed by atoms with Crippen LogP contribution in [0.1, 0.15) is 8.30 Å². The SMILES string of the molecule is [2H]C([2H])(O)c1c(F)cccc1Cl. The largest absolute Gasteiger partial charge is 0.392 e. The summed E-state index contributed by atoms with van der Waals surface area (Å²) in [6.07, 6.45) is 0. The van der Waals surface area contributed by atoms with Gasteiger partial charge in [-0.05, 0) is 12.1 Å². The first-order valence-electron chi connectivity index (χ1n) is 3.60. The number of benzene rings is 1. The van der Waals surface area contributed by atoms with Crippen molar-refractivity contribution >= 4 is 11.6 Å². The first-order chi connectivity index (χ1) is 5.43. The van der Waals surface area contributed by atoms with Gasteiger partial charge in [-0.3, -0.25) is 0 Å². The van der Waals surface area contributed by atoms with Gasteiger partial charge < -0.3 is 5.11 Å². The zero-order chi connectivity index (χ0) is 9.35. The molecule has 0 aliphatic carbocycles. The van der Waals surface area contributed by atoms with Crippen LogP contribution >= 0.6 is 11.6 Å². The zero-order valence-corrected chi connectivity index (χ0v) is 5.69. The molecular weight excluding hydrogens is 155 g/mol. The molecule has 0 aliphatic rings. The van der Waals surface area contributed by atoms with E-state index in [0.29, 0.717) is 0 Å². The molecule has 0 spiro atoms. The maximum absolute atomic E-state index is 12.9. The van der Waals surface area contributed by atoms with Crippen LogP contribution in [0.2, 0.25) is 5.02 Å². The van der Waals surface area contributed by atoms with E-state index < -0.39 is 17.9 Å². The lowest BCUT2D eigenvalue weighted by Crippen LogP contribution is -1.89. The summed E-state index contributed by atoms with van der Waals surface area (Å²) in [4.78, 5) is 0. The Hall–Kier alpha value is -0.600. The first kappa shape index (κ1) is 5.10. The van der Waals surface area contributed by atoms with Crippen molar-refractivity contribution in [3.63, 3.8) is 0 Å². The highest BCUT2D eigenvalue weighted by Gasteiger charge is 2.03. The summed E-state index contributed by atoms with van der Waals surface area (Å²) in [5.41, 5.74) is -0.522. The van der Waals surface area contributed by atoms with Crippen LogP contribution in [0, 0.1) is 5.82 Å². The monoisotopic (exact) mass is 162 g/mol. The van der Waals surface area contributed by atoms with Gasteiger partial charge in [-0.1, -0.05) is 17.7 Å². The number of halogens is 2. The van der Waals surface area contributed by atoms with Crippen molar-refractivity contribution in [1.82, 2.24) is 0 Å². The predicted octanol–water partition coefficient (Wildman–Crippen LogP) is 1.97. The van der Waals surface area contributed by atoms with Crippen LogP contribution in [0.3, 0.4) is 0 Å². The molecule has 0 unspecified atom stereocenters. The normalized spacial score (nSPS) is 14.3. The number of rotatable bonds is 1. The van der Waals surface area contributed by atoms with Gasteiger partial charge in [0.2, 0.25) is 0 Å². The van der Waals surface area contributed by atoms with Crippen molar-refractivity contribution in [3.8, 4) is 0 Å². The maximum Gasteiger partial charge on any atom is 0.130 e. The van der Waals surface area contributed by atoms with E-state index in [-0.39, 0.29) is 5.02 Å². The van der Waals surface area contributed by atoms with Crippen LogP contribution in [-0.2, 0) is 6.56 Å². The summed E-state index contributed by atoms with van der Waals surface area (Å²) in [5, 5.41) is 8.74. The van der Waals surface area contributed by atoms with E-state index in [9.17, 15) is 4.39 Å². The molecule has 0 bridgehead atoms. The zero-order valence-electron chi connectivity index (χ0n) is 6.94. The molecule has 1 nitrogen and oxygen atoms in total. The minimum absolute atomic E-state index is 0.123. The van der Waals surface area contributed by atoms with Gasteiger partial charge in [-0.2, -0.15) is 0 Å². The summed E-state index contributed by atoms with van der Waals surface area (Å²) >= 11 is 5.47. The molecule has 0 atom stereocenters. The molecule has 1 rings (SSSR count). The third kappa shape index (κ3) is 1.28. The van der Waals surface area contributed by atoms with Crippen molar-refractivity contribution in [2.24, 2.45) is 0 Å². The first-order valence-corrected chi connectivity index (χ1v) is 2.97. The Morgan fingerprint density at radius 3 is 2.80 bits per heavy atom. The second-order valence-corrected chi connectivity index (χ2v) is 2.12. The van der Waals surface area contributed by atoms with E-state index in [1.807, 2.05) is 0 Å². The van der Waals surface area contributed by atoms with Gasteiger partial charge in [0.05, 0.1) is 9.30 Å². The van der Waals surface area contributed by atoms with Gasteiger partial charge in [-0.15, -0.1) is 0 Å². The van der Waals surface area contributed by atoms with Gasteiger partial charge in [0.15, 0.2) is 0 Å². The molecule has 54 valence electrons. The minimum atomic E-state index is -2.73. The highest BCUT2D eigenvalue weighted by atomic mass is 35.5. The van der Waals surface area contributed by atoms with E-state index >= 15 is 0 Å². The average molecular weight is 163 g/mol. The fraction of sp³-hybridized carbons (Fsp3) is 0.143. The second kappa shape index (κ2) is 2.99. The molecule has 0 radical (unpaired) electrons. The molecule has 0 fully saturated rings. The topological polar surface area (TPSA) is 20.2 Å². The van der Waals surface area contributed by atoms with Crippen LogP contribution < -0.4 is 0 Å². The molecule has 3 heteroatoms. The third-order valence-electron chi connectivity index (χ3n) is 1.07. The molecular formula is C7H6ClFO. The van der Waals surface area contributed by atoms with E-state index in [1.54, 1.807) is 0 Å². The standard InChI is InChI=1S/C7H6ClFO/c8-6-2-1-3-7(9)5(6)4-10/h1-3,10H,4H2/i4D2. The van der Waals surface area contributed by atoms with Crippen LogP contribution in [-0.4, -0.2) is 5.11 Å². The van der Waals surface area contributed by atoms with Crippen molar-refractivity contribution in [2.45, 2.75) is 6.56 Å². The lowest BCUT2D eigenvalue weighted by atomic mass is 10.2. The lowest BCUT2D eigenvalue weighted by molar-refractivity contribution is 0.276. The summed E-state index contributed by atoms with van der Waals surface area (Å²) in [6, 6.07) is 3.69. The van der Waals surface area contributed by atoms with Crippen LogP contribution in [0.25, 0.3) is 0 Å². The molecule has 0 heterocycles. The van der Waals surface area contributed by atoms with Crippen LogP contribution in [0.4, 0.5) is 4.39 Å². The molecule has 10 heavy (non-hydrogen) atoms. The minimum Gasteiger partial charge on any atom is -0.392 e. The third-order valence-corrected chi connectivity index (χ3v) is 1.39. The Balaban J connectivity index is 3.31. The number of hydrogen-bond donors (Lipinski definition) is 1. The smallest absolute Gasteiger partial charge is 0.130 e. The van der Waals surface area contributed by atoms with Crippen molar-refractivity contribution in [2.75, 3.05) is 0 Å². The maximum atomic E-state index is 12.9. The lowest BCUT2D eigenvalue weighted by Gasteiger charge is -1.99. The summed E-state index contributed by atoms with van der Waals surface area (Å²) in [5.74, 6) is -0.852. The van der Waals surface area contributed by atoms with Gasteiger partial charge in [0.1, 0.15) is 5.82 Å².